The molecule has 2 aromatic carbocycles. The van der Waals surface area contributed by atoms with Crippen LogP contribution in [0.15, 0.2) is 46.1 Å². The zero-order chi connectivity index (χ0) is 28.1. The van der Waals surface area contributed by atoms with Crippen molar-refractivity contribution in [1.82, 2.24) is 18.3 Å². The van der Waals surface area contributed by atoms with E-state index in [1.165, 1.54) is 22.8 Å². The summed E-state index contributed by atoms with van der Waals surface area (Å²) >= 11 is 5.93. The molecule has 0 atom stereocenters. The number of carbonyl (C=O) groups excluding carboxylic acids is 1. The molecule has 0 spiro atoms. The maximum absolute atomic E-state index is 13.2. The summed E-state index contributed by atoms with van der Waals surface area (Å²) in [6, 6.07) is 9.07. The van der Waals surface area contributed by atoms with Gasteiger partial charge >= 0.3 is 11.9 Å². The van der Waals surface area contributed by atoms with E-state index in [-0.39, 0.29) is 28.6 Å². The molecule has 8 nitrogen and oxygen atoms in total. The van der Waals surface area contributed by atoms with Crippen LogP contribution in [0.2, 0.25) is 5.02 Å². The SMILES string of the molecule is Cc1ccc2c(c1)n(CC(F)(F)F)c(=O)n2C1CCN(CCCCN2C(=O)c3cc(Cl)ccc3S2(=O)=O)CC1. The van der Waals surface area contributed by atoms with Gasteiger partial charge in [-0.3, -0.25) is 13.9 Å². The summed E-state index contributed by atoms with van der Waals surface area (Å²) in [5.74, 6) is -0.571. The predicted molar refractivity (Wildman–Crippen MR) is 141 cm³/mol. The number of hydrogen-bond donors (Lipinski definition) is 0. The molecule has 0 saturated carbocycles. The molecule has 13 heteroatoms. The summed E-state index contributed by atoms with van der Waals surface area (Å²) < 4.78 is 68.3. The summed E-state index contributed by atoms with van der Waals surface area (Å²) in [6.45, 7) is 2.50. The Bertz CT molecular complexity index is 1590. The molecule has 3 heterocycles. The highest BCUT2D eigenvalue weighted by atomic mass is 35.5. The number of hydrogen-bond acceptors (Lipinski definition) is 5. The minimum Gasteiger partial charge on any atom is -0.303 e. The van der Waals surface area contributed by atoms with Crippen LogP contribution in [-0.4, -0.2) is 65.0 Å². The average Bonchev–Trinajstić information content (AvgIpc) is 3.22. The van der Waals surface area contributed by atoms with Gasteiger partial charge in [0.15, 0.2) is 0 Å². The molecular weight excluding hydrogens is 557 g/mol. The van der Waals surface area contributed by atoms with E-state index in [9.17, 15) is 31.2 Å². The Morgan fingerprint density at radius 1 is 0.974 bits per heavy atom. The second kappa shape index (κ2) is 10.3. The fourth-order valence-corrected chi connectivity index (χ4v) is 7.30. The molecule has 0 radical (unpaired) electrons. The van der Waals surface area contributed by atoms with Crippen molar-refractivity contribution in [3.8, 4) is 0 Å². The van der Waals surface area contributed by atoms with Crippen LogP contribution < -0.4 is 5.69 Å². The lowest BCUT2D eigenvalue weighted by Crippen LogP contribution is -2.39. The number of unbranched alkanes of at least 4 members (excludes halogenated alkanes) is 1. The van der Waals surface area contributed by atoms with Crippen LogP contribution in [0.5, 0.6) is 0 Å². The van der Waals surface area contributed by atoms with Crippen molar-refractivity contribution < 1.29 is 26.4 Å². The Balaban J connectivity index is 1.19. The van der Waals surface area contributed by atoms with Crippen molar-refractivity contribution in [2.24, 2.45) is 0 Å². The van der Waals surface area contributed by atoms with Gasteiger partial charge in [0, 0.05) is 30.7 Å². The highest BCUT2D eigenvalue weighted by molar-refractivity contribution is 7.90. The van der Waals surface area contributed by atoms with Crippen molar-refractivity contribution in [2.75, 3.05) is 26.2 Å². The monoisotopic (exact) mass is 584 g/mol. The number of amides is 1. The average molecular weight is 585 g/mol. The number of benzene rings is 2. The van der Waals surface area contributed by atoms with Gasteiger partial charge in [0.1, 0.15) is 11.4 Å². The minimum atomic E-state index is -4.51. The Morgan fingerprint density at radius 2 is 1.67 bits per heavy atom. The number of imidazole rings is 1. The number of rotatable bonds is 7. The van der Waals surface area contributed by atoms with Crippen LogP contribution in [-0.2, 0) is 16.6 Å². The molecule has 1 saturated heterocycles. The third kappa shape index (κ3) is 5.33. The fourth-order valence-electron chi connectivity index (χ4n) is 5.54. The largest absolute Gasteiger partial charge is 0.406 e. The van der Waals surface area contributed by atoms with Crippen LogP contribution in [0.3, 0.4) is 0 Å². The molecule has 0 aliphatic carbocycles. The Labute approximate surface area is 228 Å². The number of alkyl halides is 3. The maximum atomic E-state index is 13.2. The normalized spacial score (nSPS) is 18.3. The fraction of sp³-hybridized carbons (Fsp3) is 0.462. The molecule has 1 amide bonds. The van der Waals surface area contributed by atoms with Crippen LogP contribution in [0.25, 0.3) is 11.0 Å². The van der Waals surface area contributed by atoms with Gasteiger partial charge in [-0.05, 0) is 75.0 Å². The topological polar surface area (TPSA) is 84.6 Å². The number of fused-ring (bicyclic) bond motifs is 2. The molecule has 0 unspecified atom stereocenters. The lowest BCUT2D eigenvalue weighted by Gasteiger charge is -2.32. The molecule has 5 rings (SSSR count). The first-order valence-corrected chi connectivity index (χ1v) is 14.6. The van der Waals surface area contributed by atoms with E-state index in [0.717, 1.165) is 14.4 Å². The number of aryl methyl sites for hydroxylation is 1. The van der Waals surface area contributed by atoms with E-state index in [4.69, 9.17) is 11.6 Å². The van der Waals surface area contributed by atoms with Gasteiger partial charge in [-0.25, -0.2) is 17.5 Å². The summed E-state index contributed by atoms with van der Waals surface area (Å²) in [5.41, 5.74) is 1.01. The number of halogens is 4. The highest BCUT2D eigenvalue weighted by Gasteiger charge is 2.40. The first-order valence-electron chi connectivity index (χ1n) is 12.7. The number of aromatic nitrogens is 2. The second-order valence-electron chi connectivity index (χ2n) is 10.1. The van der Waals surface area contributed by atoms with Gasteiger partial charge in [-0.2, -0.15) is 13.2 Å². The third-order valence-electron chi connectivity index (χ3n) is 7.43. The first kappa shape index (κ1) is 27.7. The molecule has 1 fully saturated rings. The van der Waals surface area contributed by atoms with Crippen molar-refractivity contribution in [3.05, 3.63) is 63.0 Å². The van der Waals surface area contributed by atoms with E-state index in [0.29, 0.717) is 55.9 Å². The van der Waals surface area contributed by atoms with Gasteiger partial charge in [0.25, 0.3) is 15.9 Å². The van der Waals surface area contributed by atoms with Gasteiger partial charge in [-0.1, -0.05) is 17.7 Å². The lowest BCUT2D eigenvalue weighted by molar-refractivity contribution is -0.140. The van der Waals surface area contributed by atoms with Gasteiger partial charge in [0.2, 0.25) is 0 Å². The lowest BCUT2D eigenvalue weighted by atomic mass is 10.0. The Morgan fingerprint density at radius 3 is 2.36 bits per heavy atom. The van der Waals surface area contributed by atoms with Crippen LogP contribution in [0.4, 0.5) is 13.2 Å². The van der Waals surface area contributed by atoms with E-state index < -0.39 is 34.3 Å². The zero-order valence-corrected chi connectivity index (χ0v) is 22.8. The van der Waals surface area contributed by atoms with E-state index in [1.54, 1.807) is 25.1 Å². The van der Waals surface area contributed by atoms with E-state index >= 15 is 0 Å². The molecule has 210 valence electrons. The van der Waals surface area contributed by atoms with Crippen LogP contribution in [0, 0.1) is 6.92 Å². The van der Waals surface area contributed by atoms with Crippen molar-refractivity contribution in [3.63, 3.8) is 0 Å². The third-order valence-corrected chi connectivity index (χ3v) is 9.51. The summed E-state index contributed by atoms with van der Waals surface area (Å²) in [5, 5.41) is 0.296. The van der Waals surface area contributed by atoms with E-state index in [1.807, 2.05) is 0 Å². The molecule has 0 bridgehead atoms. The summed E-state index contributed by atoms with van der Waals surface area (Å²) in [6.07, 6.45) is -2.16. The maximum Gasteiger partial charge on any atom is 0.406 e. The smallest absolute Gasteiger partial charge is 0.303 e. The van der Waals surface area contributed by atoms with Crippen LogP contribution in [0.1, 0.15) is 47.6 Å². The summed E-state index contributed by atoms with van der Waals surface area (Å²) in [7, 11) is -3.88. The Hall–Kier alpha value is -2.83. The predicted octanol–water partition coefficient (Wildman–Crippen LogP) is 4.59. The van der Waals surface area contributed by atoms with Crippen LogP contribution >= 0.6 is 11.6 Å². The van der Waals surface area contributed by atoms with Crippen molar-refractivity contribution in [1.29, 1.82) is 0 Å². The quantitative estimate of drug-likeness (QED) is 0.379. The standard InChI is InChI=1S/C26H28ClF3N4O4S/c1-17-4-6-21-22(14-17)32(16-26(28,29)30)25(36)34(21)19-8-12-31(13-9-19)10-2-3-11-33-24(35)20-15-18(27)5-7-23(20)39(33,37)38/h4-7,14-15,19H,2-3,8-13,16H2,1H3. The minimum absolute atomic E-state index is 0.0269. The zero-order valence-electron chi connectivity index (χ0n) is 21.2. The van der Waals surface area contributed by atoms with Gasteiger partial charge < -0.3 is 4.90 Å². The Kier molecular flexibility index (Phi) is 7.32. The molecular formula is C26H28ClF3N4O4S. The summed E-state index contributed by atoms with van der Waals surface area (Å²) in [4.78, 5) is 27.9. The van der Waals surface area contributed by atoms with Crippen molar-refractivity contribution in [2.45, 2.75) is 56.3 Å². The molecule has 2 aliphatic rings. The molecule has 1 aromatic heterocycles. The first-order chi connectivity index (χ1) is 18.4. The van der Waals surface area contributed by atoms with E-state index in [2.05, 4.69) is 4.90 Å². The second-order valence-corrected chi connectivity index (χ2v) is 12.4. The van der Waals surface area contributed by atoms with Gasteiger partial charge in [0.05, 0.1) is 16.6 Å². The van der Waals surface area contributed by atoms with Gasteiger partial charge in [-0.15, -0.1) is 0 Å². The molecule has 39 heavy (non-hydrogen) atoms. The molecule has 2 aliphatic heterocycles. The highest BCUT2D eigenvalue weighted by Crippen LogP contribution is 2.33. The number of piperidine rings is 1. The number of nitrogens with zero attached hydrogens (tertiary/aromatic N) is 4. The molecule has 3 aromatic rings. The number of carbonyl (C=O) groups is 1. The number of sulfonamides is 1. The number of likely N-dealkylation sites (tertiary alicyclic amines) is 1. The van der Waals surface area contributed by atoms with Crippen molar-refractivity contribution >= 4 is 38.6 Å². The molecule has 0 N–H and O–H groups in total.